The van der Waals surface area contributed by atoms with Crippen molar-refractivity contribution in [2.24, 2.45) is 17.3 Å². The molecule has 0 bridgehead atoms. The molecule has 120 valence electrons. The maximum atomic E-state index is 10.4. The van der Waals surface area contributed by atoms with Gasteiger partial charge in [-0.2, -0.15) is 0 Å². The van der Waals surface area contributed by atoms with E-state index in [0.717, 1.165) is 36.8 Å². The SMILES string of the molecule is C[C@]12CC[C@@H]3c4cc(O)c(O)cc4CC[C@H]3[C@@H]1C[C@@H](O)[C@@H]2O. The number of benzene rings is 1. The second-order valence-corrected chi connectivity index (χ2v) is 7.75. The lowest BCUT2D eigenvalue weighted by molar-refractivity contribution is -0.0505. The average Bonchev–Trinajstić information content (AvgIpc) is 2.72. The van der Waals surface area contributed by atoms with Gasteiger partial charge in [0, 0.05) is 0 Å². The predicted molar refractivity (Wildman–Crippen MR) is 81.8 cm³/mol. The Labute approximate surface area is 130 Å². The molecule has 0 amide bonds. The molecule has 0 aliphatic heterocycles. The van der Waals surface area contributed by atoms with Gasteiger partial charge in [-0.1, -0.05) is 6.92 Å². The molecule has 0 aromatic heterocycles. The number of rotatable bonds is 0. The number of hydrogen-bond acceptors (Lipinski definition) is 4. The molecule has 4 nitrogen and oxygen atoms in total. The predicted octanol–water partition coefficient (Wildman–Crippen LogP) is 2.29. The molecule has 0 saturated heterocycles. The molecule has 4 heteroatoms. The zero-order valence-corrected chi connectivity index (χ0v) is 12.9. The van der Waals surface area contributed by atoms with Crippen LogP contribution in [0.3, 0.4) is 0 Å². The highest BCUT2D eigenvalue weighted by Gasteiger charge is 2.57. The van der Waals surface area contributed by atoms with Crippen LogP contribution in [0.5, 0.6) is 11.5 Å². The van der Waals surface area contributed by atoms with Crippen LogP contribution in [0.15, 0.2) is 12.1 Å². The number of aliphatic hydroxyl groups excluding tert-OH is 2. The van der Waals surface area contributed by atoms with Crippen molar-refractivity contribution in [3.05, 3.63) is 23.3 Å². The second kappa shape index (κ2) is 4.62. The molecule has 0 spiro atoms. The molecular formula is C18H24O4. The van der Waals surface area contributed by atoms with Gasteiger partial charge in [0.25, 0.3) is 0 Å². The third-order valence-corrected chi connectivity index (χ3v) is 6.79. The molecule has 22 heavy (non-hydrogen) atoms. The number of hydrogen-bond donors (Lipinski definition) is 4. The Hall–Kier alpha value is -1.26. The summed E-state index contributed by atoms with van der Waals surface area (Å²) in [6.07, 6.45) is 3.25. The van der Waals surface area contributed by atoms with Crippen molar-refractivity contribution in [2.75, 3.05) is 0 Å². The summed E-state index contributed by atoms with van der Waals surface area (Å²) < 4.78 is 0. The van der Waals surface area contributed by atoms with Crippen LogP contribution in [0.2, 0.25) is 0 Å². The average molecular weight is 304 g/mol. The van der Waals surface area contributed by atoms with E-state index in [1.54, 1.807) is 12.1 Å². The van der Waals surface area contributed by atoms with Crippen molar-refractivity contribution >= 4 is 0 Å². The van der Waals surface area contributed by atoms with Crippen LogP contribution in [-0.2, 0) is 6.42 Å². The monoisotopic (exact) mass is 304 g/mol. The number of aryl methyl sites for hydroxylation is 1. The van der Waals surface area contributed by atoms with Crippen LogP contribution in [0.1, 0.15) is 49.7 Å². The van der Waals surface area contributed by atoms with E-state index in [9.17, 15) is 20.4 Å². The summed E-state index contributed by atoms with van der Waals surface area (Å²) in [6.45, 7) is 2.12. The lowest BCUT2D eigenvalue weighted by Crippen LogP contribution is -2.44. The number of phenols is 2. The summed E-state index contributed by atoms with van der Waals surface area (Å²) in [7, 11) is 0. The largest absolute Gasteiger partial charge is 0.504 e. The Kier molecular flexibility index (Phi) is 3.01. The van der Waals surface area contributed by atoms with E-state index >= 15 is 0 Å². The Morgan fingerprint density at radius 1 is 1.09 bits per heavy atom. The highest BCUT2D eigenvalue weighted by molar-refractivity contribution is 5.48. The van der Waals surface area contributed by atoms with Crippen molar-refractivity contribution in [1.29, 1.82) is 0 Å². The highest BCUT2D eigenvalue weighted by Crippen LogP contribution is 2.61. The van der Waals surface area contributed by atoms with Crippen LogP contribution >= 0.6 is 0 Å². The maximum Gasteiger partial charge on any atom is 0.157 e. The van der Waals surface area contributed by atoms with Crippen LogP contribution in [0.25, 0.3) is 0 Å². The third-order valence-electron chi connectivity index (χ3n) is 6.79. The smallest absolute Gasteiger partial charge is 0.157 e. The van der Waals surface area contributed by atoms with Gasteiger partial charge in [0.2, 0.25) is 0 Å². The lowest BCUT2D eigenvalue weighted by atomic mass is 9.55. The lowest BCUT2D eigenvalue weighted by Gasteiger charge is -2.49. The Bertz CT molecular complexity index is 613. The minimum absolute atomic E-state index is 0.0374. The summed E-state index contributed by atoms with van der Waals surface area (Å²) in [4.78, 5) is 0. The van der Waals surface area contributed by atoms with Gasteiger partial charge in [0.05, 0.1) is 12.2 Å². The molecule has 4 N–H and O–H groups in total. The van der Waals surface area contributed by atoms with E-state index in [1.165, 1.54) is 0 Å². The van der Waals surface area contributed by atoms with Gasteiger partial charge in [0.1, 0.15) is 0 Å². The van der Waals surface area contributed by atoms with Crippen molar-refractivity contribution < 1.29 is 20.4 Å². The van der Waals surface area contributed by atoms with Crippen molar-refractivity contribution in [1.82, 2.24) is 0 Å². The van der Waals surface area contributed by atoms with Crippen LogP contribution < -0.4 is 0 Å². The Morgan fingerprint density at radius 2 is 1.82 bits per heavy atom. The fourth-order valence-electron chi connectivity index (χ4n) is 5.58. The summed E-state index contributed by atoms with van der Waals surface area (Å²) in [5, 5.41) is 40.1. The molecule has 6 atom stereocenters. The van der Waals surface area contributed by atoms with Crippen molar-refractivity contribution in [2.45, 2.75) is 57.2 Å². The van der Waals surface area contributed by atoms with E-state index in [4.69, 9.17) is 0 Å². The molecule has 2 saturated carbocycles. The summed E-state index contributed by atoms with van der Waals surface area (Å²) >= 11 is 0. The van der Waals surface area contributed by atoms with Crippen molar-refractivity contribution in [3.63, 3.8) is 0 Å². The van der Waals surface area contributed by atoms with Gasteiger partial charge < -0.3 is 20.4 Å². The zero-order chi connectivity index (χ0) is 15.6. The van der Waals surface area contributed by atoms with E-state index in [0.29, 0.717) is 24.2 Å². The number of fused-ring (bicyclic) bond motifs is 5. The molecule has 0 heterocycles. The van der Waals surface area contributed by atoms with E-state index in [1.807, 2.05) is 0 Å². The summed E-state index contributed by atoms with van der Waals surface area (Å²) in [6, 6.07) is 3.43. The highest BCUT2D eigenvalue weighted by atomic mass is 16.3. The van der Waals surface area contributed by atoms with Gasteiger partial charge in [-0.25, -0.2) is 0 Å². The van der Waals surface area contributed by atoms with Gasteiger partial charge >= 0.3 is 0 Å². The Balaban J connectivity index is 1.73. The molecule has 1 aromatic rings. The van der Waals surface area contributed by atoms with Crippen LogP contribution in [-0.4, -0.2) is 32.6 Å². The van der Waals surface area contributed by atoms with Crippen molar-refractivity contribution in [3.8, 4) is 11.5 Å². The maximum absolute atomic E-state index is 10.4. The first kappa shape index (κ1) is 14.3. The standard InChI is InChI=1S/C18H24O4/c1-18-5-4-10-11(13(18)8-16(21)17(18)22)3-2-9-6-14(19)15(20)7-12(9)10/h6-7,10-11,13,16-17,19-22H,2-5,8H2,1H3/t10-,11+,13-,16+,17-,18-/m0/s1. The summed E-state index contributed by atoms with van der Waals surface area (Å²) in [5.74, 6) is 1.07. The molecule has 0 unspecified atom stereocenters. The number of aliphatic hydroxyl groups is 2. The van der Waals surface area contributed by atoms with E-state index < -0.39 is 12.2 Å². The molecule has 4 rings (SSSR count). The fourth-order valence-corrected chi connectivity index (χ4v) is 5.58. The first-order chi connectivity index (χ1) is 10.4. The zero-order valence-electron chi connectivity index (χ0n) is 12.9. The van der Waals surface area contributed by atoms with E-state index in [-0.39, 0.29) is 16.9 Å². The normalized spacial score (nSPS) is 43.3. The van der Waals surface area contributed by atoms with Crippen LogP contribution in [0, 0.1) is 17.3 Å². The topological polar surface area (TPSA) is 80.9 Å². The van der Waals surface area contributed by atoms with Crippen LogP contribution in [0.4, 0.5) is 0 Å². The minimum atomic E-state index is -0.618. The molecule has 3 aliphatic rings. The van der Waals surface area contributed by atoms with Gasteiger partial charge in [0.15, 0.2) is 11.5 Å². The quantitative estimate of drug-likeness (QED) is 0.554. The van der Waals surface area contributed by atoms with E-state index in [2.05, 4.69) is 6.92 Å². The molecule has 0 radical (unpaired) electrons. The Morgan fingerprint density at radius 3 is 2.59 bits per heavy atom. The number of aromatic hydroxyl groups is 2. The molecule has 1 aromatic carbocycles. The summed E-state index contributed by atoms with van der Waals surface area (Å²) in [5.41, 5.74) is 2.11. The number of phenolic OH excluding ortho intramolecular Hbond substituents is 2. The third kappa shape index (κ3) is 1.77. The fraction of sp³-hybridized carbons (Fsp3) is 0.667. The minimum Gasteiger partial charge on any atom is -0.504 e. The second-order valence-electron chi connectivity index (χ2n) is 7.75. The molecule has 2 fully saturated rings. The first-order valence-electron chi connectivity index (χ1n) is 8.32. The first-order valence-corrected chi connectivity index (χ1v) is 8.32. The van der Waals surface area contributed by atoms with Gasteiger partial charge in [-0.05, 0) is 78.5 Å². The van der Waals surface area contributed by atoms with Gasteiger partial charge in [-0.15, -0.1) is 0 Å². The molecular weight excluding hydrogens is 280 g/mol. The van der Waals surface area contributed by atoms with Gasteiger partial charge in [-0.3, -0.25) is 0 Å². The molecule has 3 aliphatic carbocycles.